The molecule has 19 heavy (non-hydrogen) atoms. The first-order chi connectivity index (χ1) is 9.18. The van der Waals surface area contributed by atoms with Crippen molar-refractivity contribution < 1.29 is 14.7 Å². The van der Waals surface area contributed by atoms with Gasteiger partial charge in [0.25, 0.3) is 0 Å². The van der Waals surface area contributed by atoms with E-state index in [1.165, 1.54) is 16.2 Å². The van der Waals surface area contributed by atoms with Gasteiger partial charge in [0.1, 0.15) is 11.0 Å². The second kappa shape index (κ2) is 6.51. The third-order valence-electron chi connectivity index (χ3n) is 3.17. The van der Waals surface area contributed by atoms with E-state index in [2.05, 4.69) is 10.3 Å². The molecule has 0 aromatic carbocycles. The van der Waals surface area contributed by atoms with Gasteiger partial charge in [-0.15, -0.1) is 11.3 Å². The maximum atomic E-state index is 12.1. The Hall–Kier alpha value is -1.63. The standard InChI is InChI=1S/C12H17N3O3S/c16-11(17)9-4-2-1-3-6-15(9)12(18)14-8-10-13-5-7-19-10/h5,7,9H,1-4,6,8H2,(H,14,18)(H,16,17). The van der Waals surface area contributed by atoms with Crippen molar-refractivity contribution in [3.63, 3.8) is 0 Å². The topological polar surface area (TPSA) is 82.5 Å². The van der Waals surface area contributed by atoms with Crippen LogP contribution in [0.15, 0.2) is 11.6 Å². The molecule has 2 heterocycles. The molecule has 2 N–H and O–H groups in total. The molecule has 2 amide bonds. The number of aliphatic carboxylic acids is 1. The maximum Gasteiger partial charge on any atom is 0.326 e. The Bertz CT molecular complexity index is 435. The SMILES string of the molecule is O=C(O)C1CCCCCN1C(=O)NCc1nccs1. The number of aromatic nitrogens is 1. The molecule has 2 rings (SSSR count). The van der Waals surface area contributed by atoms with Crippen LogP contribution >= 0.6 is 11.3 Å². The summed E-state index contributed by atoms with van der Waals surface area (Å²) in [5, 5.41) is 14.6. The molecule has 1 unspecified atom stereocenters. The van der Waals surface area contributed by atoms with Gasteiger partial charge in [-0.2, -0.15) is 0 Å². The number of likely N-dealkylation sites (tertiary alicyclic amines) is 1. The average molecular weight is 283 g/mol. The van der Waals surface area contributed by atoms with Crippen molar-refractivity contribution in [3.8, 4) is 0 Å². The van der Waals surface area contributed by atoms with Crippen molar-refractivity contribution in [2.75, 3.05) is 6.54 Å². The van der Waals surface area contributed by atoms with Crippen LogP contribution in [0.25, 0.3) is 0 Å². The summed E-state index contributed by atoms with van der Waals surface area (Å²) >= 11 is 1.46. The Morgan fingerprint density at radius 3 is 3.00 bits per heavy atom. The first-order valence-electron chi connectivity index (χ1n) is 6.34. The first kappa shape index (κ1) is 13.8. The van der Waals surface area contributed by atoms with E-state index in [9.17, 15) is 14.7 Å². The number of carbonyl (C=O) groups is 2. The molecule has 6 nitrogen and oxygen atoms in total. The van der Waals surface area contributed by atoms with Gasteiger partial charge >= 0.3 is 12.0 Å². The predicted octanol–water partition coefficient (Wildman–Crippen LogP) is 1.68. The molecule has 104 valence electrons. The van der Waals surface area contributed by atoms with Gasteiger partial charge in [0.05, 0.1) is 6.54 Å². The van der Waals surface area contributed by atoms with Crippen LogP contribution in [-0.4, -0.2) is 39.6 Å². The summed E-state index contributed by atoms with van der Waals surface area (Å²) in [6.07, 6.45) is 4.89. The molecular formula is C12H17N3O3S. The smallest absolute Gasteiger partial charge is 0.326 e. The van der Waals surface area contributed by atoms with Gasteiger partial charge in [-0.05, 0) is 12.8 Å². The number of urea groups is 1. The monoisotopic (exact) mass is 283 g/mol. The summed E-state index contributed by atoms with van der Waals surface area (Å²) in [5.41, 5.74) is 0. The van der Waals surface area contributed by atoms with Gasteiger partial charge in [-0.3, -0.25) is 0 Å². The molecule has 1 aliphatic rings. The van der Waals surface area contributed by atoms with Gasteiger partial charge in [-0.25, -0.2) is 14.6 Å². The molecule has 1 saturated heterocycles. The van der Waals surface area contributed by atoms with Gasteiger partial charge in [0.15, 0.2) is 0 Å². The molecule has 7 heteroatoms. The first-order valence-corrected chi connectivity index (χ1v) is 7.22. The Balaban J connectivity index is 1.96. The van der Waals surface area contributed by atoms with E-state index in [-0.39, 0.29) is 6.03 Å². The highest BCUT2D eigenvalue weighted by Gasteiger charge is 2.30. The van der Waals surface area contributed by atoms with Crippen molar-refractivity contribution >= 4 is 23.3 Å². The number of rotatable bonds is 3. The van der Waals surface area contributed by atoms with E-state index in [1.807, 2.05) is 5.38 Å². The molecule has 0 bridgehead atoms. The van der Waals surface area contributed by atoms with Crippen LogP contribution in [0.4, 0.5) is 4.79 Å². The fourth-order valence-electron chi connectivity index (χ4n) is 2.20. The number of carboxylic acid groups (broad SMARTS) is 1. The number of hydrogen-bond donors (Lipinski definition) is 2. The van der Waals surface area contributed by atoms with Gasteiger partial charge < -0.3 is 15.3 Å². The van der Waals surface area contributed by atoms with Crippen LogP contribution in [0, 0.1) is 0 Å². The third kappa shape index (κ3) is 3.66. The van der Waals surface area contributed by atoms with Gasteiger partial charge in [0.2, 0.25) is 0 Å². The summed E-state index contributed by atoms with van der Waals surface area (Å²) in [6, 6.07) is -1.02. The Kier molecular flexibility index (Phi) is 4.73. The number of thiazole rings is 1. The summed E-state index contributed by atoms with van der Waals surface area (Å²) in [5.74, 6) is -0.925. The van der Waals surface area contributed by atoms with Crippen LogP contribution in [0.5, 0.6) is 0 Å². The summed E-state index contributed by atoms with van der Waals surface area (Å²) < 4.78 is 0. The van der Waals surface area contributed by atoms with E-state index in [4.69, 9.17) is 0 Å². The van der Waals surface area contributed by atoms with E-state index >= 15 is 0 Å². The number of carboxylic acids is 1. The van der Waals surface area contributed by atoms with Crippen molar-refractivity contribution in [2.24, 2.45) is 0 Å². The summed E-state index contributed by atoms with van der Waals surface area (Å²) in [4.78, 5) is 28.8. The normalized spacial score (nSPS) is 19.8. The van der Waals surface area contributed by atoms with Crippen molar-refractivity contribution in [1.82, 2.24) is 15.2 Å². The number of carbonyl (C=O) groups excluding carboxylic acids is 1. The van der Waals surface area contributed by atoms with Crippen LogP contribution in [0.2, 0.25) is 0 Å². The maximum absolute atomic E-state index is 12.1. The van der Waals surface area contributed by atoms with Crippen molar-refractivity contribution in [1.29, 1.82) is 0 Å². The van der Waals surface area contributed by atoms with Crippen molar-refractivity contribution in [3.05, 3.63) is 16.6 Å². The highest BCUT2D eigenvalue weighted by molar-refractivity contribution is 7.09. The molecule has 1 aromatic heterocycles. The second-order valence-electron chi connectivity index (χ2n) is 4.48. The summed E-state index contributed by atoms with van der Waals surface area (Å²) in [6.45, 7) is 0.847. The summed E-state index contributed by atoms with van der Waals surface area (Å²) in [7, 11) is 0. The lowest BCUT2D eigenvalue weighted by Gasteiger charge is -2.26. The number of hydrogen-bond acceptors (Lipinski definition) is 4. The molecular weight excluding hydrogens is 266 g/mol. The minimum absolute atomic E-state index is 0.315. The molecule has 1 aromatic rings. The average Bonchev–Trinajstić information content (AvgIpc) is 2.77. The molecule has 0 saturated carbocycles. The molecule has 0 radical (unpaired) electrons. The minimum Gasteiger partial charge on any atom is -0.480 e. The lowest BCUT2D eigenvalue weighted by atomic mass is 10.1. The second-order valence-corrected chi connectivity index (χ2v) is 5.46. The molecule has 1 fully saturated rings. The fraction of sp³-hybridized carbons (Fsp3) is 0.583. The molecule has 0 aliphatic carbocycles. The molecule has 1 atom stereocenters. The van der Waals surface area contributed by atoms with E-state index in [0.717, 1.165) is 24.3 Å². The predicted molar refractivity (Wildman–Crippen MR) is 70.9 cm³/mol. The molecule has 0 spiro atoms. The van der Waals surface area contributed by atoms with Gasteiger partial charge in [0, 0.05) is 18.1 Å². The minimum atomic E-state index is -0.925. The van der Waals surface area contributed by atoms with E-state index < -0.39 is 12.0 Å². The van der Waals surface area contributed by atoms with Crippen LogP contribution in [-0.2, 0) is 11.3 Å². The lowest BCUT2D eigenvalue weighted by molar-refractivity contribution is -0.142. The Morgan fingerprint density at radius 1 is 1.47 bits per heavy atom. The number of nitrogens with one attached hydrogen (secondary N) is 1. The highest BCUT2D eigenvalue weighted by Crippen LogP contribution is 2.17. The van der Waals surface area contributed by atoms with Crippen LogP contribution in [0.1, 0.15) is 30.7 Å². The quantitative estimate of drug-likeness (QED) is 0.884. The third-order valence-corrected chi connectivity index (χ3v) is 3.95. The highest BCUT2D eigenvalue weighted by atomic mass is 32.1. The zero-order valence-electron chi connectivity index (χ0n) is 10.5. The Labute approximate surface area is 115 Å². The fourth-order valence-corrected chi connectivity index (χ4v) is 2.76. The number of nitrogens with zero attached hydrogens (tertiary/aromatic N) is 2. The number of amides is 2. The zero-order chi connectivity index (χ0) is 13.7. The van der Waals surface area contributed by atoms with Crippen LogP contribution in [0.3, 0.4) is 0 Å². The van der Waals surface area contributed by atoms with E-state index in [0.29, 0.717) is 19.5 Å². The zero-order valence-corrected chi connectivity index (χ0v) is 11.4. The van der Waals surface area contributed by atoms with E-state index in [1.54, 1.807) is 6.20 Å². The van der Waals surface area contributed by atoms with Crippen LogP contribution < -0.4 is 5.32 Å². The lowest BCUT2D eigenvalue weighted by Crippen LogP contribution is -2.49. The van der Waals surface area contributed by atoms with Crippen molar-refractivity contribution in [2.45, 2.75) is 38.3 Å². The Morgan fingerprint density at radius 2 is 2.32 bits per heavy atom. The van der Waals surface area contributed by atoms with Gasteiger partial charge in [-0.1, -0.05) is 12.8 Å². The largest absolute Gasteiger partial charge is 0.480 e. The molecule has 1 aliphatic heterocycles.